The summed E-state index contributed by atoms with van der Waals surface area (Å²) >= 11 is 1.68. The van der Waals surface area contributed by atoms with Crippen molar-refractivity contribution >= 4 is 32.6 Å². The van der Waals surface area contributed by atoms with Crippen molar-refractivity contribution in [3.63, 3.8) is 0 Å². The molecule has 1 aromatic carbocycles. The van der Waals surface area contributed by atoms with Gasteiger partial charge in [-0.25, -0.2) is 4.98 Å². The number of anilines is 1. The summed E-state index contributed by atoms with van der Waals surface area (Å²) in [6.07, 6.45) is 4.36. The Bertz CT molecular complexity index is 876. The Morgan fingerprint density at radius 3 is 2.84 bits per heavy atom. The molecule has 170 valence electrons. The number of hydrogen-bond donors (Lipinski definition) is 1. The number of benzene rings is 1. The van der Waals surface area contributed by atoms with E-state index in [9.17, 15) is 4.79 Å². The SMILES string of the molecule is COc1ccc2nc(N3CCC[C@@H](C(=O)NCCCN4C[C@H](C)C[C@@H](C)C4)C3)sc2c1. The number of likely N-dealkylation sites (tertiary alicyclic amines) is 1. The maximum atomic E-state index is 12.8. The van der Waals surface area contributed by atoms with Gasteiger partial charge in [0, 0.05) is 32.7 Å². The molecule has 0 spiro atoms. The smallest absolute Gasteiger partial charge is 0.224 e. The predicted molar refractivity (Wildman–Crippen MR) is 128 cm³/mol. The summed E-state index contributed by atoms with van der Waals surface area (Å²) in [6, 6.07) is 5.99. The van der Waals surface area contributed by atoms with Crippen LogP contribution in [-0.2, 0) is 4.79 Å². The van der Waals surface area contributed by atoms with Crippen LogP contribution in [0.5, 0.6) is 5.75 Å². The van der Waals surface area contributed by atoms with Crippen molar-refractivity contribution in [2.75, 3.05) is 51.3 Å². The van der Waals surface area contributed by atoms with Gasteiger partial charge in [-0.05, 0) is 62.3 Å². The first-order valence-corrected chi connectivity index (χ1v) is 12.5. The predicted octanol–water partition coefficient (Wildman–Crippen LogP) is 4.01. The number of aromatic nitrogens is 1. The van der Waals surface area contributed by atoms with Crippen molar-refractivity contribution in [2.24, 2.45) is 17.8 Å². The summed E-state index contributed by atoms with van der Waals surface area (Å²) < 4.78 is 6.46. The van der Waals surface area contributed by atoms with Crippen LogP contribution < -0.4 is 15.0 Å². The third kappa shape index (κ3) is 5.69. The number of nitrogens with zero attached hydrogens (tertiary/aromatic N) is 3. The zero-order chi connectivity index (χ0) is 21.8. The highest BCUT2D eigenvalue weighted by molar-refractivity contribution is 7.22. The summed E-state index contributed by atoms with van der Waals surface area (Å²) in [5.41, 5.74) is 0.994. The molecule has 6 nitrogen and oxygen atoms in total. The molecule has 2 fully saturated rings. The van der Waals surface area contributed by atoms with Crippen molar-refractivity contribution in [1.82, 2.24) is 15.2 Å². The molecule has 7 heteroatoms. The van der Waals surface area contributed by atoms with Crippen molar-refractivity contribution in [1.29, 1.82) is 0 Å². The second-order valence-corrected chi connectivity index (χ2v) is 10.5. The van der Waals surface area contributed by atoms with E-state index in [2.05, 4.69) is 29.0 Å². The molecular weight excluding hydrogens is 408 g/mol. The molecular formula is C24H36N4O2S. The lowest BCUT2D eigenvalue weighted by Crippen LogP contribution is -2.44. The van der Waals surface area contributed by atoms with Gasteiger partial charge < -0.3 is 19.9 Å². The van der Waals surface area contributed by atoms with Crippen LogP contribution in [0.25, 0.3) is 10.2 Å². The molecule has 4 rings (SSSR count). The molecule has 1 amide bonds. The summed E-state index contributed by atoms with van der Waals surface area (Å²) in [4.78, 5) is 22.4. The van der Waals surface area contributed by atoms with E-state index in [4.69, 9.17) is 9.72 Å². The highest BCUT2D eigenvalue weighted by Crippen LogP contribution is 2.33. The van der Waals surface area contributed by atoms with E-state index < -0.39 is 0 Å². The molecule has 1 aromatic heterocycles. The largest absolute Gasteiger partial charge is 0.497 e. The number of ether oxygens (including phenoxy) is 1. The van der Waals surface area contributed by atoms with Crippen LogP contribution in [0, 0.1) is 17.8 Å². The van der Waals surface area contributed by atoms with Crippen molar-refractivity contribution in [2.45, 2.75) is 39.5 Å². The van der Waals surface area contributed by atoms with Gasteiger partial charge in [-0.1, -0.05) is 25.2 Å². The molecule has 2 saturated heterocycles. The number of piperidine rings is 2. The van der Waals surface area contributed by atoms with E-state index in [0.717, 1.165) is 78.4 Å². The Labute approximate surface area is 190 Å². The number of thiazole rings is 1. The van der Waals surface area contributed by atoms with Gasteiger partial charge in [0.1, 0.15) is 5.75 Å². The standard InChI is InChI=1S/C24H36N4O2S/c1-17-12-18(2)15-27(14-17)10-5-9-25-23(29)19-6-4-11-28(16-19)24-26-21-8-7-20(30-3)13-22(21)31-24/h7-8,13,17-19H,4-6,9-12,14-16H2,1-3H3,(H,25,29)/t17-,18-,19-/m1/s1. The van der Waals surface area contributed by atoms with E-state index in [1.165, 1.54) is 19.5 Å². The van der Waals surface area contributed by atoms with Crippen LogP contribution in [0.4, 0.5) is 5.13 Å². The second kappa shape index (κ2) is 10.2. The molecule has 0 saturated carbocycles. The monoisotopic (exact) mass is 444 g/mol. The van der Waals surface area contributed by atoms with Crippen LogP contribution in [0.1, 0.15) is 39.5 Å². The van der Waals surface area contributed by atoms with Crippen molar-refractivity contribution < 1.29 is 9.53 Å². The minimum absolute atomic E-state index is 0.0466. The van der Waals surface area contributed by atoms with Gasteiger partial charge in [0.05, 0.1) is 23.2 Å². The number of fused-ring (bicyclic) bond motifs is 1. The topological polar surface area (TPSA) is 57.7 Å². The minimum Gasteiger partial charge on any atom is -0.497 e. The lowest BCUT2D eigenvalue weighted by molar-refractivity contribution is -0.125. The lowest BCUT2D eigenvalue weighted by atomic mass is 9.92. The Morgan fingerprint density at radius 1 is 1.26 bits per heavy atom. The maximum Gasteiger partial charge on any atom is 0.224 e. The number of carbonyl (C=O) groups is 1. The molecule has 0 radical (unpaired) electrons. The molecule has 3 atom stereocenters. The summed E-state index contributed by atoms with van der Waals surface area (Å²) in [5.74, 6) is 2.68. The zero-order valence-corrected chi connectivity index (χ0v) is 19.9. The molecule has 0 unspecified atom stereocenters. The van der Waals surface area contributed by atoms with Crippen LogP contribution in [0.15, 0.2) is 18.2 Å². The van der Waals surface area contributed by atoms with Crippen LogP contribution in [0.2, 0.25) is 0 Å². The van der Waals surface area contributed by atoms with E-state index in [1.807, 2.05) is 18.2 Å². The summed E-state index contributed by atoms with van der Waals surface area (Å²) in [6.45, 7) is 10.7. The molecule has 0 aliphatic carbocycles. The van der Waals surface area contributed by atoms with Gasteiger partial charge in [0.2, 0.25) is 5.91 Å². The van der Waals surface area contributed by atoms with Crippen molar-refractivity contribution in [3.8, 4) is 5.75 Å². The summed E-state index contributed by atoms with van der Waals surface area (Å²) in [5, 5.41) is 4.21. The normalized spacial score (nSPS) is 25.0. The Morgan fingerprint density at radius 2 is 2.06 bits per heavy atom. The third-order valence-electron chi connectivity index (χ3n) is 6.54. The number of carbonyl (C=O) groups excluding carboxylic acids is 1. The fourth-order valence-electron chi connectivity index (χ4n) is 5.15. The molecule has 0 bridgehead atoms. The Kier molecular flexibility index (Phi) is 7.33. The van der Waals surface area contributed by atoms with E-state index in [1.54, 1.807) is 18.4 Å². The van der Waals surface area contributed by atoms with E-state index >= 15 is 0 Å². The Balaban J connectivity index is 1.26. The number of methoxy groups -OCH3 is 1. The zero-order valence-electron chi connectivity index (χ0n) is 19.1. The average Bonchev–Trinajstić information content (AvgIpc) is 3.19. The molecule has 2 aliphatic rings. The fraction of sp³-hybridized carbons (Fsp3) is 0.667. The molecule has 1 N–H and O–H groups in total. The highest BCUT2D eigenvalue weighted by Gasteiger charge is 2.27. The molecule has 31 heavy (non-hydrogen) atoms. The van der Waals surface area contributed by atoms with Crippen LogP contribution in [0.3, 0.4) is 0 Å². The number of hydrogen-bond acceptors (Lipinski definition) is 6. The number of amides is 1. The lowest BCUT2D eigenvalue weighted by Gasteiger charge is -2.35. The van der Waals surface area contributed by atoms with Gasteiger partial charge >= 0.3 is 0 Å². The number of nitrogens with one attached hydrogen (secondary N) is 1. The molecule has 2 aliphatic heterocycles. The third-order valence-corrected chi connectivity index (χ3v) is 7.62. The fourth-order valence-corrected chi connectivity index (χ4v) is 6.18. The summed E-state index contributed by atoms with van der Waals surface area (Å²) in [7, 11) is 1.69. The first kappa shape index (κ1) is 22.3. The van der Waals surface area contributed by atoms with E-state index in [-0.39, 0.29) is 11.8 Å². The van der Waals surface area contributed by atoms with Crippen molar-refractivity contribution in [3.05, 3.63) is 18.2 Å². The second-order valence-electron chi connectivity index (χ2n) is 9.47. The quantitative estimate of drug-likeness (QED) is 0.654. The number of rotatable bonds is 7. The van der Waals surface area contributed by atoms with Crippen LogP contribution in [-0.4, -0.2) is 62.2 Å². The first-order valence-electron chi connectivity index (χ1n) is 11.7. The van der Waals surface area contributed by atoms with Gasteiger partial charge in [-0.2, -0.15) is 0 Å². The van der Waals surface area contributed by atoms with Gasteiger partial charge in [-0.15, -0.1) is 0 Å². The molecule has 2 aromatic rings. The minimum atomic E-state index is 0.0466. The Hall–Kier alpha value is -1.86. The first-order chi connectivity index (χ1) is 15.0. The van der Waals surface area contributed by atoms with E-state index in [0.29, 0.717) is 0 Å². The van der Waals surface area contributed by atoms with Gasteiger partial charge in [0.15, 0.2) is 5.13 Å². The van der Waals surface area contributed by atoms with Gasteiger partial charge in [-0.3, -0.25) is 4.79 Å². The van der Waals surface area contributed by atoms with Gasteiger partial charge in [0.25, 0.3) is 0 Å². The maximum absolute atomic E-state index is 12.8. The molecule has 3 heterocycles. The average molecular weight is 445 g/mol. The van der Waals surface area contributed by atoms with Crippen LogP contribution >= 0.6 is 11.3 Å². The highest BCUT2D eigenvalue weighted by atomic mass is 32.1.